The molecule has 1 amide bonds. The zero-order valence-corrected chi connectivity index (χ0v) is 19.8. The first-order valence-electron chi connectivity index (χ1n) is 12.0. The quantitative estimate of drug-likeness (QED) is 0.609. The molecule has 7 heteroatoms. The number of carbonyl (C=O) groups excluding carboxylic acids is 1. The largest absolute Gasteiger partial charge is 0.397 e. The molecule has 3 aromatic rings. The van der Waals surface area contributed by atoms with Crippen LogP contribution in [0.5, 0.6) is 0 Å². The molecule has 3 aliphatic rings. The molecule has 0 spiro atoms. The lowest BCUT2D eigenvalue weighted by atomic mass is 9.87. The molecule has 2 aromatic heterocycles. The molecule has 2 aliphatic heterocycles. The fourth-order valence-corrected chi connectivity index (χ4v) is 6.64. The Hall–Kier alpha value is -2.64. The number of nitrogen functional groups attached to an aromatic ring is 1. The van der Waals surface area contributed by atoms with Crippen molar-refractivity contribution in [3.8, 4) is 0 Å². The highest BCUT2D eigenvalue weighted by Crippen LogP contribution is 2.34. The number of aryl methyl sites for hydroxylation is 2. The van der Waals surface area contributed by atoms with Crippen LogP contribution in [0.15, 0.2) is 30.3 Å². The molecule has 3 atom stereocenters. The smallest absolute Gasteiger partial charge is 0.263 e. The van der Waals surface area contributed by atoms with Crippen LogP contribution in [0.2, 0.25) is 0 Å². The first kappa shape index (κ1) is 20.9. The van der Waals surface area contributed by atoms with Crippen molar-refractivity contribution >= 4 is 38.8 Å². The average Bonchev–Trinajstić information content (AvgIpc) is 3.14. The van der Waals surface area contributed by atoms with Crippen molar-refractivity contribution in [2.75, 3.05) is 23.7 Å². The van der Waals surface area contributed by atoms with Gasteiger partial charge in [-0.1, -0.05) is 6.07 Å². The van der Waals surface area contributed by atoms with E-state index in [2.05, 4.69) is 33.4 Å². The van der Waals surface area contributed by atoms with Crippen molar-refractivity contribution in [1.29, 1.82) is 0 Å². The number of hydrogen-bond donors (Lipinski definition) is 2. The Morgan fingerprint density at radius 3 is 2.79 bits per heavy atom. The number of rotatable bonds is 3. The Bertz CT molecular complexity index is 1210. The van der Waals surface area contributed by atoms with E-state index in [-0.39, 0.29) is 11.9 Å². The SMILES string of the molecule is Cc1ccc2c(N)c(C(=O)N[C@@H]3CCc4cc(N5CC6CCCC(C5)O6)ccc4C3)sc2n1. The highest BCUT2D eigenvalue weighted by atomic mass is 32.1. The number of hydrogen-bond acceptors (Lipinski definition) is 6. The third kappa shape index (κ3) is 3.97. The zero-order valence-electron chi connectivity index (χ0n) is 19.0. The van der Waals surface area contributed by atoms with Crippen molar-refractivity contribution in [2.45, 2.75) is 63.7 Å². The Morgan fingerprint density at radius 2 is 1.97 bits per heavy atom. The molecule has 2 bridgehead atoms. The molecular weight excluding hydrogens is 432 g/mol. The summed E-state index contributed by atoms with van der Waals surface area (Å²) in [5, 5.41) is 4.10. The van der Waals surface area contributed by atoms with Crippen LogP contribution in [-0.2, 0) is 17.6 Å². The van der Waals surface area contributed by atoms with Gasteiger partial charge in [0.15, 0.2) is 0 Å². The Labute approximate surface area is 198 Å². The predicted molar refractivity (Wildman–Crippen MR) is 133 cm³/mol. The van der Waals surface area contributed by atoms with Gasteiger partial charge >= 0.3 is 0 Å². The van der Waals surface area contributed by atoms with Crippen LogP contribution >= 0.6 is 11.3 Å². The maximum absolute atomic E-state index is 13.0. The maximum atomic E-state index is 13.0. The van der Waals surface area contributed by atoms with Gasteiger partial charge in [-0.3, -0.25) is 4.79 Å². The summed E-state index contributed by atoms with van der Waals surface area (Å²) in [7, 11) is 0. The number of nitrogens with zero attached hydrogens (tertiary/aromatic N) is 2. The molecule has 6 rings (SSSR count). The van der Waals surface area contributed by atoms with E-state index < -0.39 is 0 Å². The number of pyridine rings is 1. The summed E-state index contributed by atoms with van der Waals surface area (Å²) in [5.74, 6) is -0.0851. The highest BCUT2D eigenvalue weighted by Gasteiger charge is 2.32. The monoisotopic (exact) mass is 462 g/mol. The van der Waals surface area contributed by atoms with E-state index in [1.54, 1.807) is 0 Å². The number of nitrogens with one attached hydrogen (secondary N) is 1. The lowest BCUT2D eigenvalue weighted by molar-refractivity contribution is -0.0605. The molecule has 172 valence electrons. The summed E-state index contributed by atoms with van der Waals surface area (Å²) in [5.41, 5.74) is 11.8. The Balaban J connectivity index is 1.15. The van der Waals surface area contributed by atoms with Crippen molar-refractivity contribution in [1.82, 2.24) is 10.3 Å². The fraction of sp³-hybridized carbons (Fsp3) is 0.462. The molecule has 2 saturated heterocycles. The first-order chi connectivity index (χ1) is 16.0. The minimum absolute atomic E-state index is 0.0851. The molecule has 0 saturated carbocycles. The topological polar surface area (TPSA) is 80.5 Å². The van der Waals surface area contributed by atoms with Crippen LogP contribution in [0.3, 0.4) is 0 Å². The van der Waals surface area contributed by atoms with Crippen LogP contribution in [0, 0.1) is 6.92 Å². The number of fused-ring (bicyclic) bond motifs is 4. The third-order valence-corrected chi connectivity index (χ3v) is 8.46. The summed E-state index contributed by atoms with van der Waals surface area (Å²) >= 11 is 1.38. The summed E-state index contributed by atoms with van der Waals surface area (Å²) in [6.45, 7) is 3.95. The van der Waals surface area contributed by atoms with Gasteiger partial charge < -0.3 is 20.7 Å². The second-order valence-corrected chi connectivity index (χ2v) is 10.7. The second kappa shape index (κ2) is 8.29. The van der Waals surface area contributed by atoms with Crippen LogP contribution < -0.4 is 16.0 Å². The van der Waals surface area contributed by atoms with E-state index in [1.165, 1.54) is 47.4 Å². The van der Waals surface area contributed by atoms with E-state index in [0.717, 1.165) is 48.3 Å². The fourth-order valence-electron chi connectivity index (χ4n) is 5.60. The summed E-state index contributed by atoms with van der Waals surface area (Å²) < 4.78 is 6.11. The van der Waals surface area contributed by atoms with Gasteiger partial charge in [0.1, 0.15) is 9.71 Å². The molecule has 6 nitrogen and oxygen atoms in total. The number of thiophene rings is 1. The molecule has 33 heavy (non-hydrogen) atoms. The molecule has 0 radical (unpaired) electrons. The number of aromatic nitrogens is 1. The van der Waals surface area contributed by atoms with Gasteiger partial charge in [0.25, 0.3) is 5.91 Å². The third-order valence-electron chi connectivity index (χ3n) is 7.34. The normalized spacial score (nSPS) is 24.5. The molecule has 1 aromatic carbocycles. The highest BCUT2D eigenvalue weighted by molar-refractivity contribution is 7.21. The summed E-state index contributed by atoms with van der Waals surface area (Å²) in [6, 6.07) is 10.9. The molecule has 2 unspecified atom stereocenters. The zero-order chi connectivity index (χ0) is 22.5. The number of morpholine rings is 1. The molecule has 2 fully saturated rings. The van der Waals surface area contributed by atoms with Crippen molar-refractivity contribution < 1.29 is 9.53 Å². The van der Waals surface area contributed by atoms with Crippen LogP contribution in [0.25, 0.3) is 10.2 Å². The molecular formula is C26H30N4O2S. The Morgan fingerprint density at radius 1 is 1.15 bits per heavy atom. The minimum atomic E-state index is -0.0851. The van der Waals surface area contributed by atoms with E-state index >= 15 is 0 Å². The minimum Gasteiger partial charge on any atom is -0.397 e. The lowest BCUT2D eigenvalue weighted by Gasteiger charge is -2.43. The standard InChI is InChI=1S/C26H30N4O2S/c1-15-5-10-22-23(27)24(33-26(22)28-15)25(31)29-18-8-6-17-12-19(9-7-16(17)11-18)30-13-20-3-2-4-21(14-30)32-20/h5,7,9-10,12,18,20-21H,2-4,6,8,11,13-14,27H2,1H3,(H,29,31)/t18-,20?,21?/m1/s1. The van der Waals surface area contributed by atoms with E-state index in [0.29, 0.717) is 22.8 Å². The number of benzene rings is 1. The number of ether oxygens (including phenoxy) is 1. The maximum Gasteiger partial charge on any atom is 0.263 e. The van der Waals surface area contributed by atoms with Crippen molar-refractivity contribution in [3.63, 3.8) is 0 Å². The second-order valence-electron chi connectivity index (χ2n) is 9.73. The van der Waals surface area contributed by atoms with Gasteiger partial charge in [-0.25, -0.2) is 4.98 Å². The number of nitrogens with two attached hydrogens (primary N) is 1. The summed E-state index contributed by atoms with van der Waals surface area (Å²) in [6.07, 6.45) is 7.20. The number of carbonyl (C=O) groups is 1. The van der Waals surface area contributed by atoms with Gasteiger partial charge in [0.2, 0.25) is 0 Å². The van der Waals surface area contributed by atoms with Crippen LogP contribution in [0.4, 0.5) is 11.4 Å². The van der Waals surface area contributed by atoms with E-state index in [4.69, 9.17) is 10.5 Å². The average molecular weight is 463 g/mol. The summed E-state index contributed by atoms with van der Waals surface area (Å²) in [4.78, 5) is 21.5. The van der Waals surface area contributed by atoms with Crippen molar-refractivity contribution in [3.05, 3.63) is 52.0 Å². The van der Waals surface area contributed by atoms with Crippen molar-refractivity contribution in [2.24, 2.45) is 0 Å². The predicted octanol–water partition coefficient (Wildman–Crippen LogP) is 4.23. The van der Waals surface area contributed by atoms with Gasteiger partial charge in [0.05, 0.1) is 17.9 Å². The lowest BCUT2D eigenvalue weighted by Crippen LogP contribution is -2.50. The van der Waals surface area contributed by atoms with Gasteiger partial charge in [-0.2, -0.15) is 0 Å². The van der Waals surface area contributed by atoms with Crippen LogP contribution in [0.1, 0.15) is 52.2 Å². The van der Waals surface area contributed by atoms with E-state index in [9.17, 15) is 4.79 Å². The first-order valence-corrected chi connectivity index (χ1v) is 12.8. The number of amides is 1. The van der Waals surface area contributed by atoms with Crippen LogP contribution in [-0.4, -0.2) is 42.2 Å². The molecule has 4 heterocycles. The Kier molecular flexibility index (Phi) is 5.26. The van der Waals surface area contributed by atoms with Gasteiger partial charge in [-0.05, 0) is 80.8 Å². The van der Waals surface area contributed by atoms with Gasteiger partial charge in [-0.15, -0.1) is 11.3 Å². The molecule has 3 N–H and O–H groups in total. The number of anilines is 2. The van der Waals surface area contributed by atoms with Gasteiger partial charge in [0, 0.05) is 35.9 Å². The molecule has 1 aliphatic carbocycles. The van der Waals surface area contributed by atoms with E-state index in [1.807, 2.05) is 19.1 Å².